The number of nitrogens with zero attached hydrogens (tertiary/aromatic N) is 2. The van der Waals surface area contributed by atoms with Gasteiger partial charge in [-0.3, -0.25) is 9.69 Å². The van der Waals surface area contributed by atoms with Crippen molar-refractivity contribution < 1.29 is 4.79 Å². The van der Waals surface area contributed by atoms with E-state index in [0.29, 0.717) is 30.5 Å². The number of nitrogens with two attached hydrogens (primary N) is 1. The fraction of sp³-hybridized carbons (Fsp3) is 0.929. The Morgan fingerprint density at radius 2 is 1.78 bits per heavy atom. The van der Waals surface area contributed by atoms with Crippen molar-refractivity contribution in [3.8, 4) is 0 Å². The first kappa shape index (κ1) is 13.8. The minimum atomic E-state index is 0.300. The highest BCUT2D eigenvalue weighted by atomic mass is 16.2. The van der Waals surface area contributed by atoms with Gasteiger partial charge in [-0.15, -0.1) is 0 Å². The highest BCUT2D eigenvalue weighted by Gasteiger charge is 2.39. The van der Waals surface area contributed by atoms with Crippen LogP contribution in [-0.4, -0.2) is 53.5 Å². The van der Waals surface area contributed by atoms with Crippen molar-refractivity contribution >= 4 is 5.91 Å². The largest absolute Gasteiger partial charge is 0.343 e. The number of hydrogen-bond donors (Lipinski definition) is 1. The summed E-state index contributed by atoms with van der Waals surface area (Å²) in [5.41, 5.74) is 6.06. The van der Waals surface area contributed by atoms with E-state index in [-0.39, 0.29) is 0 Å². The second-order valence-corrected chi connectivity index (χ2v) is 5.67. The van der Waals surface area contributed by atoms with Gasteiger partial charge in [-0.05, 0) is 39.5 Å². The van der Waals surface area contributed by atoms with Crippen LogP contribution in [0.5, 0.6) is 0 Å². The Morgan fingerprint density at radius 3 is 2.28 bits per heavy atom. The van der Waals surface area contributed by atoms with Gasteiger partial charge in [-0.25, -0.2) is 0 Å². The lowest BCUT2D eigenvalue weighted by Crippen LogP contribution is -2.48. The van der Waals surface area contributed by atoms with Crippen LogP contribution in [0, 0.1) is 0 Å². The molecule has 2 atom stereocenters. The summed E-state index contributed by atoms with van der Waals surface area (Å²) in [7, 11) is 0. The fourth-order valence-corrected chi connectivity index (χ4v) is 3.64. The van der Waals surface area contributed by atoms with Gasteiger partial charge >= 0.3 is 0 Å². The first-order chi connectivity index (χ1) is 8.65. The fourth-order valence-electron chi connectivity index (χ4n) is 3.64. The Labute approximate surface area is 110 Å². The Kier molecular flexibility index (Phi) is 4.62. The maximum absolute atomic E-state index is 12.0. The number of piperidine rings is 1. The molecule has 2 aliphatic rings. The van der Waals surface area contributed by atoms with E-state index in [1.165, 1.54) is 12.8 Å². The molecule has 2 fully saturated rings. The van der Waals surface area contributed by atoms with Crippen molar-refractivity contribution in [2.45, 2.75) is 64.1 Å². The number of carbonyl (C=O) groups is 1. The molecule has 2 bridgehead atoms. The van der Waals surface area contributed by atoms with Crippen LogP contribution in [-0.2, 0) is 4.79 Å². The average molecular weight is 253 g/mol. The van der Waals surface area contributed by atoms with Crippen molar-refractivity contribution in [1.82, 2.24) is 9.80 Å². The zero-order valence-corrected chi connectivity index (χ0v) is 11.8. The molecule has 0 spiro atoms. The van der Waals surface area contributed by atoms with Crippen LogP contribution in [0.1, 0.15) is 46.0 Å². The minimum absolute atomic E-state index is 0.300. The van der Waals surface area contributed by atoms with Crippen LogP contribution in [0.2, 0.25) is 0 Å². The quantitative estimate of drug-likeness (QED) is 0.801. The van der Waals surface area contributed by atoms with Crippen molar-refractivity contribution in [3.05, 3.63) is 0 Å². The van der Waals surface area contributed by atoms with Gasteiger partial charge in [-0.1, -0.05) is 0 Å². The van der Waals surface area contributed by atoms with E-state index in [1.807, 2.05) is 18.7 Å². The third-order valence-electron chi connectivity index (χ3n) is 4.62. The Morgan fingerprint density at radius 1 is 1.22 bits per heavy atom. The molecule has 0 aromatic carbocycles. The standard InChI is InChI=1S/C14H27N3O/c1-3-16(4-2)14(18)7-8-17-12-5-6-13(17)10-11(15)9-12/h11-13H,3-10,15H2,1-2H3. The molecule has 0 aromatic rings. The minimum Gasteiger partial charge on any atom is -0.343 e. The van der Waals surface area contributed by atoms with Gasteiger partial charge in [0, 0.05) is 44.2 Å². The molecule has 4 heteroatoms. The summed E-state index contributed by atoms with van der Waals surface area (Å²) < 4.78 is 0. The van der Waals surface area contributed by atoms with Crippen LogP contribution >= 0.6 is 0 Å². The summed E-state index contributed by atoms with van der Waals surface area (Å²) in [5.74, 6) is 0.300. The third kappa shape index (κ3) is 2.86. The Bertz CT molecular complexity index is 277. The van der Waals surface area contributed by atoms with Gasteiger partial charge in [0.2, 0.25) is 5.91 Å². The summed E-state index contributed by atoms with van der Waals surface area (Å²) in [6.07, 6.45) is 5.46. The molecule has 2 unspecified atom stereocenters. The number of rotatable bonds is 5. The first-order valence-electron chi connectivity index (χ1n) is 7.44. The van der Waals surface area contributed by atoms with E-state index in [9.17, 15) is 4.79 Å². The number of hydrogen-bond acceptors (Lipinski definition) is 3. The summed E-state index contributed by atoms with van der Waals surface area (Å²) >= 11 is 0. The molecule has 2 saturated heterocycles. The van der Waals surface area contributed by atoms with Crippen molar-refractivity contribution in [2.24, 2.45) is 5.73 Å². The van der Waals surface area contributed by atoms with Crippen LogP contribution in [0.25, 0.3) is 0 Å². The molecule has 2 aliphatic heterocycles. The molecule has 104 valence electrons. The van der Waals surface area contributed by atoms with E-state index >= 15 is 0 Å². The second kappa shape index (κ2) is 6.02. The molecular formula is C14H27N3O. The molecule has 0 aromatic heterocycles. The SMILES string of the molecule is CCN(CC)C(=O)CCN1C2CCC1CC(N)C2. The molecule has 2 N–H and O–H groups in total. The van der Waals surface area contributed by atoms with Crippen molar-refractivity contribution in [2.75, 3.05) is 19.6 Å². The molecule has 0 aliphatic carbocycles. The van der Waals surface area contributed by atoms with E-state index in [1.54, 1.807) is 0 Å². The normalized spacial score (nSPS) is 31.6. The summed E-state index contributed by atoms with van der Waals surface area (Å²) in [4.78, 5) is 16.5. The summed E-state index contributed by atoms with van der Waals surface area (Å²) in [6, 6.07) is 1.67. The van der Waals surface area contributed by atoms with Gasteiger partial charge in [0.05, 0.1) is 0 Å². The average Bonchev–Trinajstić information content (AvgIpc) is 2.59. The lowest BCUT2D eigenvalue weighted by Gasteiger charge is -2.37. The van der Waals surface area contributed by atoms with Gasteiger partial charge in [0.1, 0.15) is 0 Å². The zero-order chi connectivity index (χ0) is 13.1. The lowest BCUT2D eigenvalue weighted by molar-refractivity contribution is -0.131. The smallest absolute Gasteiger partial charge is 0.223 e. The van der Waals surface area contributed by atoms with E-state index in [4.69, 9.17) is 5.73 Å². The van der Waals surface area contributed by atoms with Crippen LogP contribution < -0.4 is 5.73 Å². The monoisotopic (exact) mass is 253 g/mol. The summed E-state index contributed by atoms with van der Waals surface area (Å²) in [5, 5.41) is 0. The number of carbonyl (C=O) groups excluding carboxylic acids is 1. The molecule has 2 heterocycles. The molecular weight excluding hydrogens is 226 g/mol. The Balaban J connectivity index is 1.82. The molecule has 0 saturated carbocycles. The highest BCUT2D eigenvalue weighted by molar-refractivity contribution is 5.76. The molecule has 2 rings (SSSR count). The van der Waals surface area contributed by atoms with Crippen molar-refractivity contribution in [1.29, 1.82) is 0 Å². The first-order valence-corrected chi connectivity index (χ1v) is 7.44. The van der Waals surface area contributed by atoms with Crippen LogP contribution in [0.4, 0.5) is 0 Å². The van der Waals surface area contributed by atoms with Crippen molar-refractivity contribution in [3.63, 3.8) is 0 Å². The second-order valence-electron chi connectivity index (χ2n) is 5.67. The molecule has 4 nitrogen and oxygen atoms in total. The topological polar surface area (TPSA) is 49.6 Å². The van der Waals surface area contributed by atoms with E-state index in [2.05, 4.69) is 4.90 Å². The van der Waals surface area contributed by atoms with Crippen LogP contribution in [0.3, 0.4) is 0 Å². The summed E-state index contributed by atoms with van der Waals surface area (Å²) in [6.45, 7) is 6.67. The maximum Gasteiger partial charge on any atom is 0.223 e. The zero-order valence-electron chi connectivity index (χ0n) is 11.8. The molecule has 18 heavy (non-hydrogen) atoms. The van der Waals surface area contributed by atoms with Gasteiger partial charge in [-0.2, -0.15) is 0 Å². The number of amides is 1. The van der Waals surface area contributed by atoms with Gasteiger partial charge in [0.25, 0.3) is 0 Å². The number of fused-ring (bicyclic) bond motifs is 2. The predicted molar refractivity (Wildman–Crippen MR) is 73.3 cm³/mol. The van der Waals surface area contributed by atoms with Gasteiger partial charge in [0.15, 0.2) is 0 Å². The van der Waals surface area contributed by atoms with Crippen LogP contribution in [0.15, 0.2) is 0 Å². The van der Waals surface area contributed by atoms with Gasteiger partial charge < -0.3 is 10.6 Å². The maximum atomic E-state index is 12.0. The molecule has 1 amide bonds. The third-order valence-corrected chi connectivity index (χ3v) is 4.62. The molecule has 0 radical (unpaired) electrons. The Hall–Kier alpha value is -0.610. The van der Waals surface area contributed by atoms with E-state index in [0.717, 1.165) is 32.5 Å². The van der Waals surface area contributed by atoms with E-state index < -0.39 is 0 Å². The predicted octanol–water partition coefficient (Wildman–Crippen LogP) is 1.20. The highest BCUT2D eigenvalue weighted by Crippen LogP contribution is 2.34. The lowest BCUT2D eigenvalue weighted by atomic mass is 9.98.